The van der Waals surface area contributed by atoms with E-state index in [2.05, 4.69) is 26.5 Å². The standard InChI is InChI=1S/C23H18BrN3O6/c1-15-6-11-21(19(24)12-15)32-14-22(28)26-25-13-17-4-2-3-5-20(17)33-23(29)16-7-9-18(10-8-16)27(30)31/h2-13H,14H2,1H3,(H,26,28)/b25-13-. The van der Waals surface area contributed by atoms with Crippen LogP contribution in [0.5, 0.6) is 11.5 Å². The number of hydrogen-bond acceptors (Lipinski definition) is 7. The second-order valence-electron chi connectivity index (χ2n) is 6.75. The van der Waals surface area contributed by atoms with Crippen molar-refractivity contribution < 1.29 is 24.0 Å². The summed E-state index contributed by atoms with van der Waals surface area (Å²) in [5, 5.41) is 14.6. The van der Waals surface area contributed by atoms with Crippen LogP contribution in [0.15, 0.2) is 76.3 Å². The molecule has 33 heavy (non-hydrogen) atoms. The van der Waals surface area contributed by atoms with Crippen molar-refractivity contribution in [1.82, 2.24) is 5.43 Å². The minimum atomic E-state index is -0.688. The van der Waals surface area contributed by atoms with Gasteiger partial charge in [-0.2, -0.15) is 5.10 Å². The van der Waals surface area contributed by atoms with E-state index in [-0.39, 0.29) is 23.6 Å². The van der Waals surface area contributed by atoms with Crippen LogP contribution in [0.3, 0.4) is 0 Å². The number of rotatable bonds is 8. The predicted octanol–water partition coefficient (Wildman–Crippen LogP) is 4.41. The summed E-state index contributed by atoms with van der Waals surface area (Å²) in [5.74, 6) is -0.423. The molecule has 1 amide bonds. The van der Waals surface area contributed by atoms with E-state index in [0.29, 0.717) is 11.3 Å². The van der Waals surface area contributed by atoms with Crippen molar-refractivity contribution in [1.29, 1.82) is 0 Å². The highest BCUT2D eigenvalue weighted by molar-refractivity contribution is 9.10. The Labute approximate surface area is 197 Å². The normalized spacial score (nSPS) is 10.6. The molecule has 0 aliphatic carbocycles. The quantitative estimate of drug-likeness (QED) is 0.157. The molecular weight excluding hydrogens is 494 g/mol. The number of para-hydroxylation sites is 1. The number of ether oxygens (including phenoxy) is 2. The number of nitro benzene ring substituents is 1. The molecule has 3 aromatic carbocycles. The minimum Gasteiger partial charge on any atom is -0.483 e. The fourth-order valence-electron chi connectivity index (χ4n) is 2.63. The van der Waals surface area contributed by atoms with Gasteiger partial charge in [0.05, 0.1) is 21.2 Å². The van der Waals surface area contributed by atoms with Crippen molar-refractivity contribution in [2.24, 2.45) is 5.10 Å². The molecule has 0 aliphatic heterocycles. The molecule has 0 bridgehead atoms. The second kappa shape index (κ2) is 11.0. The van der Waals surface area contributed by atoms with Gasteiger partial charge in [-0.25, -0.2) is 10.2 Å². The molecule has 0 unspecified atom stereocenters. The van der Waals surface area contributed by atoms with Gasteiger partial charge in [0.25, 0.3) is 11.6 Å². The Bertz CT molecular complexity index is 1210. The average Bonchev–Trinajstić information content (AvgIpc) is 2.79. The van der Waals surface area contributed by atoms with Crippen LogP contribution < -0.4 is 14.9 Å². The van der Waals surface area contributed by atoms with Crippen LogP contribution in [0.25, 0.3) is 0 Å². The predicted molar refractivity (Wildman–Crippen MR) is 125 cm³/mol. The Hall–Kier alpha value is -4.05. The summed E-state index contributed by atoms with van der Waals surface area (Å²) in [4.78, 5) is 34.6. The summed E-state index contributed by atoms with van der Waals surface area (Å²) in [6, 6.07) is 17.1. The van der Waals surface area contributed by atoms with Crippen molar-refractivity contribution >= 4 is 39.7 Å². The number of amides is 1. The fourth-order valence-corrected chi connectivity index (χ4v) is 3.24. The molecule has 0 saturated heterocycles. The van der Waals surface area contributed by atoms with E-state index in [1.807, 2.05) is 19.1 Å². The molecule has 3 rings (SSSR count). The van der Waals surface area contributed by atoms with Gasteiger partial charge in [-0.1, -0.05) is 18.2 Å². The Morgan fingerprint density at radius 3 is 2.52 bits per heavy atom. The largest absolute Gasteiger partial charge is 0.483 e. The zero-order valence-corrected chi connectivity index (χ0v) is 18.9. The van der Waals surface area contributed by atoms with Gasteiger partial charge in [0.15, 0.2) is 6.61 Å². The molecule has 0 aliphatic rings. The third kappa shape index (κ3) is 6.71. The Morgan fingerprint density at radius 2 is 1.82 bits per heavy atom. The number of benzene rings is 3. The van der Waals surface area contributed by atoms with Crippen molar-refractivity contribution in [2.45, 2.75) is 6.92 Å². The van der Waals surface area contributed by atoms with E-state index in [1.54, 1.807) is 30.3 Å². The summed E-state index contributed by atoms with van der Waals surface area (Å²) in [6.07, 6.45) is 1.33. The molecule has 0 aromatic heterocycles. The molecule has 3 aromatic rings. The average molecular weight is 512 g/mol. The molecule has 0 heterocycles. The van der Waals surface area contributed by atoms with Crippen LogP contribution in [0.2, 0.25) is 0 Å². The first kappa shape index (κ1) is 23.6. The molecule has 0 radical (unpaired) electrons. The molecule has 1 N–H and O–H groups in total. The summed E-state index contributed by atoms with van der Waals surface area (Å²) in [7, 11) is 0. The minimum absolute atomic E-state index is 0.131. The number of esters is 1. The molecule has 0 spiro atoms. The molecule has 0 atom stereocenters. The highest BCUT2D eigenvalue weighted by Gasteiger charge is 2.13. The molecule has 168 valence electrons. The van der Waals surface area contributed by atoms with Gasteiger partial charge in [0.2, 0.25) is 0 Å². The summed E-state index contributed by atoms with van der Waals surface area (Å²) in [6.45, 7) is 1.70. The van der Waals surface area contributed by atoms with E-state index in [4.69, 9.17) is 9.47 Å². The van der Waals surface area contributed by atoms with Gasteiger partial charge in [-0.05, 0) is 64.8 Å². The van der Waals surface area contributed by atoms with E-state index < -0.39 is 16.8 Å². The maximum atomic E-state index is 12.4. The van der Waals surface area contributed by atoms with Crippen molar-refractivity contribution in [3.05, 3.63) is 98.0 Å². The Morgan fingerprint density at radius 1 is 1.09 bits per heavy atom. The zero-order valence-electron chi connectivity index (χ0n) is 17.4. The molecular formula is C23H18BrN3O6. The lowest BCUT2D eigenvalue weighted by molar-refractivity contribution is -0.384. The van der Waals surface area contributed by atoms with Gasteiger partial charge in [0, 0.05) is 17.7 Å². The summed E-state index contributed by atoms with van der Waals surface area (Å²) in [5.41, 5.74) is 3.86. The van der Waals surface area contributed by atoms with E-state index in [1.165, 1.54) is 30.5 Å². The maximum absolute atomic E-state index is 12.4. The van der Waals surface area contributed by atoms with Crippen LogP contribution in [-0.4, -0.2) is 29.6 Å². The summed E-state index contributed by atoms with van der Waals surface area (Å²) < 4.78 is 11.6. The first-order chi connectivity index (χ1) is 15.8. The van der Waals surface area contributed by atoms with Gasteiger partial charge in [-0.15, -0.1) is 0 Å². The number of nitrogens with zero attached hydrogens (tertiary/aromatic N) is 2. The number of carbonyl (C=O) groups is 2. The number of aryl methyl sites for hydroxylation is 1. The van der Waals surface area contributed by atoms with Crippen LogP contribution in [0.1, 0.15) is 21.5 Å². The number of halogens is 1. The molecule has 9 nitrogen and oxygen atoms in total. The molecule has 10 heteroatoms. The van der Waals surface area contributed by atoms with Gasteiger partial charge in [-0.3, -0.25) is 14.9 Å². The van der Waals surface area contributed by atoms with E-state index >= 15 is 0 Å². The second-order valence-corrected chi connectivity index (χ2v) is 7.60. The van der Waals surface area contributed by atoms with E-state index in [9.17, 15) is 19.7 Å². The highest BCUT2D eigenvalue weighted by Crippen LogP contribution is 2.25. The summed E-state index contributed by atoms with van der Waals surface area (Å²) >= 11 is 3.38. The lowest BCUT2D eigenvalue weighted by Gasteiger charge is -2.08. The van der Waals surface area contributed by atoms with Crippen LogP contribution in [-0.2, 0) is 4.79 Å². The lowest BCUT2D eigenvalue weighted by atomic mass is 10.2. The number of hydrogen-bond donors (Lipinski definition) is 1. The Kier molecular flexibility index (Phi) is 7.87. The topological polar surface area (TPSA) is 120 Å². The van der Waals surface area contributed by atoms with Crippen molar-refractivity contribution in [3.63, 3.8) is 0 Å². The number of carbonyl (C=O) groups excluding carboxylic acids is 2. The lowest BCUT2D eigenvalue weighted by Crippen LogP contribution is -2.24. The Balaban J connectivity index is 1.58. The number of non-ortho nitro benzene ring substituents is 1. The van der Waals surface area contributed by atoms with Crippen molar-refractivity contribution in [2.75, 3.05) is 6.61 Å². The maximum Gasteiger partial charge on any atom is 0.343 e. The molecule has 0 fully saturated rings. The third-order valence-corrected chi connectivity index (χ3v) is 4.89. The number of nitro groups is 1. The van der Waals surface area contributed by atoms with Crippen LogP contribution >= 0.6 is 15.9 Å². The monoisotopic (exact) mass is 511 g/mol. The number of hydrazone groups is 1. The first-order valence-corrected chi connectivity index (χ1v) is 10.4. The highest BCUT2D eigenvalue weighted by atomic mass is 79.9. The van der Waals surface area contributed by atoms with E-state index in [0.717, 1.165) is 10.0 Å². The van der Waals surface area contributed by atoms with Crippen LogP contribution in [0, 0.1) is 17.0 Å². The van der Waals surface area contributed by atoms with Gasteiger partial charge >= 0.3 is 5.97 Å². The fraction of sp³-hybridized carbons (Fsp3) is 0.0870. The molecule has 0 saturated carbocycles. The van der Waals surface area contributed by atoms with Crippen molar-refractivity contribution in [3.8, 4) is 11.5 Å². The van der Waals surface area contributed by atoms with Crippen LogP contribution in [0.4, 0.5) is 5.69 Å². The van der Waals surface area contributed by atoms with Gasteiger partial charge in [0.1, 0.15) is 11.5 Å². The zero-order chi connectivity index (χ0) is 23.8. The third-order valence-electron chi connectivity index (χ3n) is 4.27. The SMILES string of the molecule is Cc1ccc(OCC(=O)N/N=C\c2ccccc2OC(=O)c2ccc([N+](=O)[O-])cc2)c(Br)c1. The van der Waals surface area contributed by atoms with Gasteiger partial charge < -0.3 is 9.47 Å². The smallest absolute Gasteiger partial charge is 0.343 e. The number of nitrogens with one attached hydrogen (secondary N) is 1. The first-order valence-electron chi connectivity index (χ1n) is 9.60.